The zero-order chi connectivity index (χ0) is 14.3. The summed E-state index contributed by atoms with van der Waals surface area (Å²) in [5.74, 6) is 0.910. The standard InChI is InChI=1S/C15H24N2O2/c1-12(2)16-15(18)13(3)17(4)10-11-19-14-8-6-5-7-9-14/h5-9,12-13H,10-11H2,1-4H3,(H,16,18). The third kappa shape index (κ3) is 5.75. The Morgan fingerprint density at radius 1 is 1.26 bits per heavy atom. The molecule has 1 atom stereocenters. The molecule has 0 aliphatic carbocycles. The lowest BCUT2D eigenvalue weighted by Gasteiger charge is -2.24. The first-order chi connectivity index (χ1) is 9.00. The van der Waals surface area contributed by atoms with Crippen LogP contribution in [0, 0.1) is 0 Å². The molecule has 0 spiro atoms. The summed E-state index contributed by atoms with van der Waals surface area (Å²) in [5.41, 5.74) is 0. The van der Waals surface area contributed by atoms with Crippen LogP contribution in [0.4, 0.5) is 0 Å². The van der Waals surface area contributed by atoms with E-state index >= 15 is 0 Å². The van der Waals surface area contributed by atoms with E-state index in [1.54, 1.807) is 0 Å². The molecule has 4 heteroatoms. The molecule has 0 bridgehead atoms. The fraction of sp³-hybridized carbons (Fsp3) is 0.533. The molecule has 1 unspecified atom stereocenters. The van der Waals surface area contributed by atoms with Gasteiger partial charge in [0, 0.05) is 12.6 Å². The molecule has 0 radical (unpaired) electrons. The number of ether oxygens (including phenoxy) is 1. The second-order valence-corrected chi connectivity index (χ2v) is 4.98. The van der Waals surface area contributed by atoms with E-state index in [0.717, 1.165) is 5.75 Å². The maximum Gasteiger partial charge on any atom is 0.237 e. The molecule has 1 N–H and O–H groups in total. The lowest BCUT2D eigenvalue weighted by molar-refractivity contribution is -0.126. The van der Waals surface area contributed by atoms with Gasteiger partial charge in [0.05, 0.1) is 6.04 Å². The van der Waals surface area contributed by atoms with Crippen LogP contribution in [0.5, 0.6) is 5.75 Å². The molecule has 0 heterocycles. The summed E-state index contributed by atoms with van der Waals surface area (Å²) in [4.78, 5) is 13.8. The third-order valence-corrected chi connectivity index (χ3v) is 2.93. The molecular weight excluding hydrogens is 240 g/mol. The van der Waals surface area contributed by atoms with E-state index in [4.69, 9.17) is 4.74 Å². The molecule has 19 heavy (non-hydrogen) atoms. The summed E-state index contributed by atoms with van der Waals surface area (Å²) in [6, 6.07) is 9.71. The average Bonchev–Trinajstić information content (AvgIpc) is 2.38. The zero-order valence-electron chi connectivity index (χ0n) is 12.2. The van der Waals surface area contributed by atoms with Crippen molar-refractivity contribution in [2.24, 2.45) is 0 Å². The Morgan fingerprint density at radius 2 is 1.89 bits per heavy atom. The molecule has 4 nitrogen and oxygen atoms in total. The van der Waals surface area contributed by atoms with Crippen molar-refractivity contribution >= 4 is 5.91 Å². The van der Waals surface area contributed by atoms with Gasteiger partial charge in [-0.1, -0.05) is 18.2 Å². The normalized spacial score (nSPS) is 12.5. The summed E-state index contributed by atoms with van der Waals surface area (Å²) >= 11 is 0. The molecule has 0 saturated heterocycles. The van der Waals surface area contributed by atoms with E-state index in [-0.39, 0.29) is 18.0 Å². The van der Waals surface area contributed by atoms with E-state index < -0.39 is 0 Å². The highest BCUT2D eigenvalue weighted by molar-refractivity contribution is 5.81. The van der Waals surface area contributed by atoms with Crippen LogP contribution in [0.25, 0.3) is 0 Å². The predicted molar refractivity (Wildman–Crippen MR) is 77.3 cm³/mol. The Hall–Kier alpha value is -1.55. The molecule has 1 aromatic rings. The number of benzene rings is 1. The van der Waals surface area contributed by atoms with Gasteiger partial charge in [0.25, 0.3) is 0 Å². The van der Waals surface area contributed by atoms with Crippen LogP contribution in [-0.2, 0) is 4.79 Å². The molecule has 106 valence electrons. The van der Waals surface area contributed by atoms with Crippen molar-refractivity contribution in [3.8, 4) is 5.75 Å². The van der Waals surface area contributed by atoms with Crippen LogP contribution in [-0.4, -0.2) is 43.1 Å². The minimum atomic E-state index is -0.151. The summed E-state index contributed by atoms with van der Waals surface area (Å²) in [6.45, 7) is 7.11. The van der Waals surface area contributed by atoms with E-state index in [1.807, 2.05) is 63.1 Å². The first-order valence-corrected chi connectivity index (χ1v) is 6.69. The Kier molecular flexibility index (Phi) is 6.36. The van der Waals surface area contributed by atoms with Gasteiger partial charge in [-0.25, -0.2) is 0 Å². The maximum atomic E-state index is 11.8. The number of nitrogens with zero attached hydrogens (tertiary/aromatic N) is 1. The third-order valence-electron chi connectivity index (χ3n) is 2.93. The van der Waals surface area contributed by atoms with Crippen molar-refractivity contribution in [3.63, 3.8) is 0 Å². The fourth-order valence-corrected chi connectivity index (χ4v) is 1.62. The van der Waals surface area contributed by atoms with Gasteiger partial charge < -0.3 is 10.1 Å². The molecule has 0 saturated carbocycles. The Balaban J connectivity index is 2.30. The SMILES string of the molecule is CC(C)NC(=O)C(C)N(C)CCOc1ccccc1. The predicted octanol–water partition coefficient (Wildman–Crippen LogP) is 1.91. The first kappa shape index (κ1) is 15.5. The summed E-state index contributed by atoms with van der Waals surface area (Å²) in [6.07, 6.45) is 0. The molecule has 0 aliphatic heterocycles. The van der Waals surface area contributed by atoms with Crippen LogP contribution in [0.3, 0.4) is 0 Å². The number of hydrogen-bond acceptors (Lipinski definition) is 3. The molecule has 0 aromatic heterocycles. The first-order valence-electron chi connectivity index (χ1n) is 6.69. The molecule has 0 aliphatic rings. The van der Waals surface area contributed by atoms with Crippen molar-refractivity contribution in [2.75, 3.05) is 20.2 Å². The van der Waals surface area contributed by atoms with Gasteiger partial charge in [0.2, 0.25) is 5.91 Å². The van der Waals surface area contributed by atoms with Gasteiger partial charge in [-0.3, -0.25) is 9.69 Å². The van der Waals surface area contributed by atoms with Crippen LogP contribution in [0.15, 0.2) is 30.3 Å². The Bertz CT molecular complexity index is 379. The van der Waals surface area contributed by atoms with E-state index in [1.165, 1.54) is 0 Å². The summed E-state index contributed by atoms with van der Waals surface area (Å²) in [7, 11) is 1.93. The molecule has 1 amide bonds. The highest BCUT2D eigenvalue weighted by atomic mass is 16.5. The highest BCUT2D eigenvalue weighted by Gasteiger charge is 2.18. The number of hydrogen-bond donors (Lipinski definition) is 1. The van der Waals surface area contributed by atoms with Gasteiger partial charge in [0.15, 0.2) is 0 Å². The van der Waals surface area contributed by atoms with E-state index in [9.17, 15) is 4.79 Å². The number of likely N-dealkylation sites (N-methyl/N-ethyl adjacent to an activating group) is 1. The van der Waals surface area contributed by atoms with Gasteiger partial charge in [0.1, 0.15) is 12.4 Å². The van der Waals surface area contributed by atoms with Crippen molar-refractivity contribution in [1.29, 1.82) is 0 Å². The van der Waals surface area contributed by atoms with Crippen molar-refractivity contribution < 1.29 is 9.53 Å². The van der Waals surface area contributed by atoms with Crippen molar-refractivity contribution in [2.45, 2.75) is 32.9 Å². The smallest absolute Gasteiger partial charge is 0.237 e. The number of carbonyl (C=O) groups excluding carboxylic acids is 1. The second kappa shape index (κ2) is 7.79. The summed E-state index contributed by atoms with van der Waals surface area (Å²) in [5, 5.41) is 2.91. The van der Waals surface area contributed by atoms with Gasteiger partial charge >= 0.3 is 0 Å². The second-order valence-electron chi connectivity index (χ2n) is 4.98. The molecule has 1 rings (SSSR count). The van der Waals surface area contributed by atoms with Crippen LogP contribution in [0.1, 0.15) is 20.8 Å². The minimum Gasteiger partial charge on any atom is -0.492 e. The minimum absolute atomic E-state index is 0.0530. The van der Waals surface area contributed by atoms with Crippen LogP contribution in [0.2, 0.25) is 0 Å². The molecule has 0 fully saturated rings. The lowest BCUT2D eigenvalue weighted by Crippen LogP contribution is -2.46. The Labute approximate surface area is 115 Å². The average molecular weight is 264 g/mol. The number of amides is 1. The van der Waals surface area contributed by atoms with Gasteiger partial charge in [-0.05, 0) is 40.0 Å². The number of nitrogens with one attached hydrogen (secondary N) is 1. The van der Waals surface area contributed by atoms with Crippen molar-refractivity contribution in [1.82, 2.24) is 10.2 Å². The van der Waals surface area contributed by atoms with Gasteiger partial charge in [-0.2, -0.15) is 0 Å². The highest BCUT2D eigenvalue weighted by Crippen LogP contribution is 2.08. The Morgan fingerprint density at radius 3 is 2.47 bits per heavy atom. The zero-order valence-corrected chi connectivity index (χ0v) is 12.2. The number of para-hydroxylation sites is 1. The topological polar surface area (TPSA) is 41.6 Å². The van der Waals surface area contributed by atoms with Crippen molar-refractivity contribution in [3.05, 3.63) is 30.3 Å². The largest absolute Gasteiger partial charge is 0.492 e. The quantitative estimate of drug-likeness (QED) is 0.818. The number of rotatable bonds is 7. The van der Waals surface area contributed by atoms with E-state index in [2.05, 4.69) is 5.32 Å². The lowest BCUT2D eigenvalue weighted by atomic mass is 10.2. The van der Waals surface area contributed by atoms with Crippen LogP contribution >= 0.6 is 0 Å². The van der Waals surface area contributed by atoms with Crippen LogP contribution < -0.4 is 10.1 Å². The molecular formula is C15H24N2O2. The van der Waals surface area contributed by atoms with E-state index in [0.29, 0.717) is 13.2 Å². The monoisotopic (exact) mass is 264 g/mol. The fourth-order valence-electron chi connectivity index (χ4n) is 1.62. The number of carbonyl (C=O) groups is 1. The summed E-state index contributed by atoms with van der Waals surface area (Å²) < 4.78 is 5.61. The maximum absolute atomic E-state index is 11.8. The van der Waals surface area contributed by atoms with Gasteiger partial charge in [-0.15, -0.1) is 0 Å². The molecule has 1 aromatic carbocycles.